The van der Waals surface area contributed by atoms with Crippen LogP contribution in [0, 0.1) is 0 Å². The Morgan fingerprint density at radius 2 is 2.06 bits per heavy atom. The zero-order chi connectivity index (χ0) is 12.2. The Bertz CT molecular complexity index is 410. The van der Waals surface area contributed by atoms with Crippen LogP contribution in [-0.2, 0) is 0 Å². The molecule has 0 heterocycles. The highest BCUT2D eigenvalue weighted by molar-refractivity contribution is 7.80. The summed E-state index contributed by atoms with van der Waals surface area (Å²) in [6.45, 7) is 0. The first-order valence-corrected chi connectivity index (χ1v) is 5.07. The molecule has 1 rings (SSSR count). The van der Waals surface area contributed by atoms with Gasteiger partial charge >= 0.3 is 6.18 Å². The Balaban J connectivity index is 2.99. The molecule has 5 heteroatoms. The Kier molecular flexibility index (Phi) is 4.18. The van der Waals surface area contributed by atoms with Crippen molar-refractivity contribution in [2.45, 2.75) is 6.18 Å². The number of carbonyl (C=O) groups excluding carboxylic acids is 1. The first-order valence-electron chi connectivity index (χ1n) is 4.44. The second-order valence-electron chi connectivity index (χ2n) is 3.04. The summed E-state index contributed by atoms with van der Waals surface area (Å²) in [4.78, 5) is 10.9. The van der Waals surface area contributed by atoms with E-state index in [0.717, 1.165) is 6.07 Å². The van der Waals surface area contributed by atoms with Gasteiger partial charge in [-0.2, -0.15) is 25.8 Å². The first kappa shape index (κ1) is 12.8. The quantitative estimate of drug-likeness (QED) is 0.639. The van der Waals surface area contributed by atoms with Gasteiger partial charge in [0.25, 0.3) is 5.78 Å². The van der Waals surface area contributed by atoms with E-state index < -0.39 is 12.0 Å². The zero-order valence-electron chi connectivity index (χ0n) is 8.16. The monoisotopic (exact) mass is 246 g/mol. The molecule has 0 unspecified atom stereocenters. The minimum Gasteiger partial charge on any atom is -0.284 e. The van der Waals surface area contributed by atoms with E-state index in [1.54, 1.807) is 18.2 Å². The predicted molar refractivity (Wildman–Crippen MR) is 59.7 cm³/mol. The van der Waals surface area contributed by atoms with E-state index >= 15 is 0 Å². The molecule has 0 aliphatic heterocycles. The maximum absolute atomic E-state index is 12.1. The van der Waals surface area contributed by atoms with E-state index in [1.165, 1.54) is 12.1 Å². The Morgan fingerprint density at radius 3 is 2.62 bits per heavy atom. The van der Waals surface area contributed by atoms with Gasteiger partial charge < -0.3 is 0 Å². The Morgan fingerprint density at radius 1 is 1.38 bits per heavy atom. The topological polar surface area (TPSA) is 17.1 Å². The van der Waals surface area contributed by atoms with Crippen molar-refractivity contribution in [3.05, 3.63) is 41.5 Å². The second kappa shape index (κ2) is 5.21. The SMILES string of the molecule is O=C(c1cccc(C=CCS)c1)C(F)(F)F. The minimum atomic E-state index is -4.83. The Hall–Kier alpha value is -1.23. The van der Waals surface area contributed by atoms with Gasteiger partial charge in [-0.05, 0) is 11.6 Å². The van der Waals surface area contributed by atoms with Crippen molar-refractivity contribution >= 4 is 24.5 Å². The highest BCUT2D eigenvalue weighted by Gasteiger charge is 2.39. The van der Waals surface area contributed by atoms with Crippen LogP contribution in [0.5, 0.6) is 0 Å². The lowest BCUT2D eigenvalue weighted by atomic mass is 10.1. The van der Waals surface area contributed by atoms with Gasteiger partial charge in [-0.1, -0.05) is 30.4 Å². The molecule has 0 amide bonds. The maximum atomic E-state index is 12.1. The lowest BCUT2D eigenvalue weighted by molar-refractivity contribution is -0.0885. The van der Waals surface area contributed by atoms with Crippen LogP contribution < -0.4 is 0 Å². The molecular formula is C11H9F3OS. The summed E-state index contributed by atoms with van der Waals surface area (Å²) in [6.07, 6.45) is -1.54. The average Bonchev–Trinajstić information content (AvgIpc) is 2.24. The summed E-state index contributed by atoms with van der Waals surface area (Å²) in [5.41, 5.74) is 0.193. The fraction of sp³-hybridized carbons (Fsp3) is 0.182. The molecule has 0 saturated heterocycles. The normalized spacial score (nSPS) is 12.0. The summed E-state index contributed by atoms with van der Waals surface area (Å²) < 4.78 is 36.4. The number of benzene rings is 1. The van der Waals surface area contributed by atoms with Gasteiger partial charge in [-0.25, -0.2) is 0 Å². The van der Waals surface area contributed by atoms with Gasteiger partial charge in [0.05, 0.1) is 0 Å². The molecule has 0 atom stereocenters. The fourth-order valence-corrected chi connectivity index (χ4v) is 1.24. The number of hydrogen-bond acceptors (Lipinski definition) is 2. The zero-order valence-corrected chi connectivity index (χ0v) is 9.05. The lowest BCUT2D eigenvalue weighted by Crippen LogP contribution is -2.22. The highest BCUT2D eigenvalue weighted by atomic mass is 32.1. The molecule has 0 fully saturated rings. The van der Waals surface area contributed by atoms with Crippen LogP contribution in [0.1, 0.15) is 15.9 Å². The standard InChI is InChI=1S/C11H9F3OS/c12-11(13,14)10(15)9-5-1-3-8(7-9)4-2-6-16/h1-5,7,16H,6H2. The van der Waals surface area contributed by atoms with Crippen molar-refractivity contribution in [2.75, 3.05) is 5.75 Å². The second-order valence-corrected chi connectivity index (χ2v) is 3.40. The van der Waals surface area contributed by atoms with Gasteiger partial charge in [-0.3, -0.25) is 4.79 Å². The smallest absolute Gasteiger partial charge is 0.284 e. The highest BCUT2D eigenvalue weighted by Crippen LogP contribution is 2.22. The van der Waals surface area contributed by atoms with Crippen LogP contribution in [0.15, 0.2) is 30.3 Å². The van der Waals surface area contributed by atoms with Crippen LogP contribution in [0.25, 0.3) is 6.08 Å². The fourth-order valence-electron chi connectivity index (χ4n) is 1.14. The molecule has 0 aromatic heterocycles. The van der Waals surface area contributed by atoms with E-state index in [2.05, 4.69) is 12.6 Å². The molecule has 0 saturated carbocycles. The van der Waals surface area contributed by atoms with Crippen molar-refractivity contribution in [1.29, 1.82) is 0 Å². The third-order valence-corrected chi connectivity index (χ3v) is 2.03. The molecule has 1 aromatic rings. The van der Waals surface area contributed by atoms with E-state index in [0.29, 0.717) is 11.3 Å². The summed E-state index contributed by atoms with van der Waals surface area (Å²) >= 11 is 3.93. The maximum Gasteiger partial charge on any atom is 0.454 e. The summed E-state index contributed by atoms with van der Waals surface area (Å²) in [5.74, 6) is -1.34. The molecule has 0 bridgehead atoms. The third-order valence-electron chi connectivity index (χ3n) is 1.82. The molecule has 0 spiro atoms. The number of ketones is 1. The van der Waals surface area contributed by atoms with E-state index in [-0.39, 0.29) is 5.56 Å². The summed E-state index contributed by atoms with van der Waals surface area (Å²) in [6, 6.07) is 5.38. The van der Waals surface area contributed by atoms with Crippen LogP contribution in [0.2, 0.25) is 0 Å². The van der Waals surface area contributed by atoms with Gasteiger partial charge in [-0.15, -0.1) is 0 Å². The lowest BCUT2D eigenvalue weighted by Gasteiger charge is -2.05. The van der Waals surface area contributed by atoms with Crippen molar-refractivity contribution in [1.82, 2.24) is 0 Å². The van der Waals surface area contributed by atoms with Crippen molar-refractivity contribution < 1.29 is 18.0 Å². The molecule has 1 nitrogen and oxygen atoms in total. The Labute approximate surface area is 96.4 Å². The van der Waals surface area contributed by atoms with Crippen molar-refractivity contribution in [2.24, 2.45) is 0 Å². The first-order chi connectivity index (χ1) is 7.45. The van der Waals surface area contributed by atoms with Gasteiger partial charge in [0, 0.05) is 11.3 Å². The molecular weight excluding hydrogens is 237 g/mol. The average molecular weight is 246 g/mol. The van der Waals surface area contributed by atoms with E-state index in [9.17, 15) is 18.0 Å². The summed E-state index contributed by atoms with van der Waals surface area (Å²) in [5, 5.41) is 0. The predicted octanol–water partition coefficient (Wildman–Crippen LogP) is 3.37. The molecule has 16 heavy (non-hydrogen) atoms. The molecule has 86 valence electrons. The molecule has 0 N–H and O–H groups in total. The van der Waals surface area contributed by atoms with Gasteiger partial charge in [0.2, 0.25) is 0 Å². The molecule has 0 aliphatic rings. The number of alkyl halides is 3. The van der Waals surface area contributed by atoms with Crippen LogP contribution in [-0.4, -0.2) is 17.7 Å². The van der Waals surface area contributed by atoms with Crippen LogP contribution in [0.4, 0.5) is 13.2 Å². The third kappa shape index (κ3) is 3.41. The van der Waals surface area contributed by atoms with Crippen molar-refractivity contribution in [3.63, 3.8) is 0 Å². The van der Waals surface area contributed by atoms with Gasteiger partial charge in [0.1, 0.15) is 0 Å². The number of carbonyl (C=O) groups is 1. The summed E-state index contributed by atoms with van der Waals surface area (Å²) in [7, 11) is 0. The number of hydrogen-bond donors (Lipinski definition) is 1. The minimum absolute atomic E-state index is 0.353. The molecule has 1 aromatic carbocycles. The van der Waals surface area contributed by atoms with Gasteiger partial charge in [0.15, 0.2) is 0 Å². The molecule has 0 radical (unpaired) electrons. The molecule has 0 aliphatic carbocycles. The van der Waals surface area contributed by atoms with Crippen LogP contribution in [0.3, 0.4) is 0 Å². The number of thiol groups is 1. The van der Waals surface area contributed by atoms with E-state index in [4.69, 9.17) is 0 Å². The number of rotatable bonds is 3. The van der Waals surface area contributed by atoms with E-state index in [1.807, 2.05) is 0 Å². The number of Topliss-reactive ketones (excluding diaryl/α,β-unsaturated/α-hetero) is 1. The number of halogens is 3. The van der Waals surface area contributed by atoms with Crippen molar-refractivity contribution in [3.8, 4) is 0 Å². The largest absolute Gasteiger partial charge is 0.454 e. The van der Waals surface area contributed by atoms with Crippen LogP contribution >= 0.6 is 12.6 Å².